The van der Waals surface area contributed by atoms with Crippen molar-refractivity contribution in [3.05, 3.63) is 33.5 Å². The minimum atomic E-state index is 0.0625. The zero-order valence-electron chi connectivity index (χ0n) is 13.9. The summed E-state index contributed by atoms with van der Waals surface area (Å²) in [5, 5.41) is 7.29. The van der Waals surface area contributed by atoms with E-state index in [0.717, 1.165) is 50.0 Å². The molecule has 1 saturated heterocycles. The zero-order valence-corrected chi connectivity index (χ0v) is 14.8. The van der Waals surface area contributed by atoms with Gasteiger partial charge >= 0.3 is 0 Å². The Hall–Kier alpha value is -1.73. The summed E-state index contributed by atoms with van der Waals surface area (Å²) in [4.78, 5) is 21.0. The Morgan fingerprint density at radius 2 is 1.91 bits per heavy atom. The molecule has 0 spiro atoms. The quantitative estimate of drug-likeness (QED) is 0.855. The number of nitrogens with zero attached hydrogens (tertiary/aromatic N) is 5. The van der Waals surface area contributed by atoms with E-state index in [0.29, 0.717) is 5.69 Å². The van der Waals surface area contributed by atoms with Gasteiger partial charge in [-0.3, -0.25) is 14.4 Å². The van der Waals surface area contributed by atoms with Crippen molar-refractivity contribution in [2.45, 2.75) is 27.3 Å². The molecule has 7 heteroatoms. The summed E-state index contributed by atoms with van der Waals surface area (Å²) in [6.07, 6.45) is 0. The van der Waals surface area contributed by atoms with Gasteiger partial charge in [-0.05, 0) is 26.8 Å². The molecule has 0 N–H and O–H groups in total. The van der Waals surface area contributed by atoms with Crippen LogP contribution in [0.5, 0.6) is 0 Å². The van der Waals surface area contributed by atoms with E-state index < -0.39 is 0 Å². The predicted molar refractivity (Wildman–Crippen MR) is 90.9 cm³/mol. The van der Waals surface area contributed by atoms with Gasteiger partial charge < -0.3 is 4.90 Å². The number of carbonyl (C=O) groups excluding carboxylic acids is 1. The fourth-order valence-electron chi connectivity index (χ4n) is 2.94. The normalized spacial score (nSPS) is 16.0. The lowest BCUT2D eigenvalue weighted by Gasteiger charge is -2.34. The number of rotatable bonds is 4. The summed E-state index contributed by atoms with van der Waals surface area (Å²) in [6.45, 7) is 11.3. The maximum Gasteiger partial charge on any atom is 0.273 e. The van der Waals surface area contributed by atoms with E-state index >= 15 is 0 Å². The molecule has 1 aliphatic rings. The van der Waals surface area contributed by atoms with Crippen LogP contribution < -0.4 is 0 Å². The number of hydrogen-bond acceptors (Lipinski definition) is 5. The minimum Gasteiger partial charge on any atom is -0.335 e. The van der Waals surface area contributed by atoms with Crippen molar-refractivity contribution < 1.29 is 4.79 Å². The van der Waals surface area contributed by atoms with Crippen LogP contribution in [0.25, 0.3) is 0 Å². The maximum absolute atomic E-state index is 12.4. The summed E-state index contributed by atoms with van der Waals surface area (Å²) in [5.74, 6) is 0.0625. The third-order valence-electron chi connectivity index (χ3n) is 4.23. The SMILES string of the molecule is Cc1cc(C)n(CCN2CCN(C(=O)c3csc(C)n3)CC2)n1. The molecule has 1 fully saturated rings. The molecular formula is C16H23N5OS. The first-order valence-electron chi connectivity index (χ1n) is 7.98. The summed E-state index contributed by atoms with van der Waals surface area (Å²) < 4.78 is 2.06. The van der Waals surface area contributed by atoms with Crippen molar-refractivity contribution in [2.75, 3.05) is 32.7 Å². The predicted octanol–water partition coefficient (Wildman–Crippen LogP) is 1.72. The fourth-order valence-corrected chi connectivity index (χ4v) is 3.52. The van der Waals surface area contributed by atoms with Gasteiger partial charge in [0.05, 0.1) is 17.2 Å². The lowest BCUT2D eigenvalue weighted by atomic mass is 10.3. The molecule has 0 aliphatic carbocycles. The van der Waals surface area contributed by atoms with E-state index in [9.17, 15) is 4.79 Å². The van der Waals surface area contributed by atoms with Crippen LogP contribution in [0.1, 0.15) is 26.9 Å². The van der Waals surface area contributed by atoms with E-state index in [1.54, 1.807) is 0 Å². The summed E-state index contributed by atoms with van der Waals surface area (Å²) in [7, 11) is 0. The van der Waals surface area contributed by atoms with Gasteiger partial charge in [0.2, 0.25) is 0 Å². The van der Waals surface area contributed by atoms with Crippen molar-refractivity contribution in [2.24, 2.45) is 0 Å². The lowest BCUT2D eigenvalue weighted by Crippen LogP contribution is -2.49. The summed E-state index contributed by atoms with van der Waals surface area (Å²) in [5.41, 5.74) is 2.86. The first kappa shape index (κ1) is 16.1. The monoisotopic (exact) mass is 333 g/mol. The Balaban J connectivity index is 1.48. The van der Waals surface area contributed by atoms with Crippen molar-refractivity contribution in [1.82, 2.24) is 24.6 Å². The Kier molecular flexibility index (Phi) is 4.77. The van der Waals surface area contributed by atoms with Gasteiger partial charge in [-0.1, -0.05) is 0 Å². The van der Waals surface area contributed by atoms with Crippen LogP contribution in [-0.2, 0) is 6.54 Å². The number of carbonyl (C=O) groups is 1. The van der Waals surface area contributed by atoms with Gasteiger partial charge in [0.15, 0.2) is 0 Å². The van der Waals surface area contributed by atoms with E-state index in [1.807, 2.05) is 24.1 Å². The Morgan fingerprint density at radius 3 is 2.48 bits per heavy atom. The fraction of sp³-hybridized carbons (Fsp3) is 0.562. The van der Waals surface area contributed by atoms with Crippen LogP contribution in [0.15, 0.2) is 11.4 Å². The largest absolute Gasteiger partial charge is 0.335 e. The Labute approximate surface area is 140 Å². The highest BCUT2D eigenvalue weighted by molar-refractivity contribution is 7.09. The highest BCUT2D eigenvalue weighted by atomic mass is 32.1. The molecule has 3 rings (SSSR count). The van der Waals surface area contributed by atoms with Gasteiger partial charge in [-0.25, -0.2) is 4.98 Å². The molecule has 0 atom stereocenters. The smallest absolute Gasteiger partial charge is 0.273 e. The molecule has 2 aromatic rings. The molecule has 0 unspecified atom stereocenters. The second kappa shape index (κ2) is 6.80. The average Bonchev–Trinajstić information content (AvgIpc) is 3.10. The Morgan fingerprint density at radius 1 is 1.17 bits per heavy atom. The van der Waals surface area contributed by atoms with Crippen LogP contribution >= 0.6 is 11.3 Å². The highest BCUT2D eigenvalue weighted by Crippen LogP contribution is 2.12. The first-order valence-corrected chi connectivity index (χ1v) is 8.86. The molecule has 124 valence electrons. The molecular weight excluding hydrogens is 310 g/mol. The third kappa shape index (κ3) is 3.79. The first-order chi connectivity index (χ1) is 11.0. The topological polar surface area (TPSA) is 54.3 Å². The zero-order chi connectivity index (χ0) is 16.4. The number of aryl methyl sites for hydroxylation is 3. The van der Waals surface area contributed by atoms with Gasteiger partial charge in [0.1, 0.15) is 5.69 Å². The molecule has 0 bridgehead atoms. The van der Waals surface area contributed by atoms with E-state index in [4.69, 9.17) is 0 Å². The number of aromatic nitrogens is 3. The van der Waals surface area contributed by atoms with Crippen molar-refractivity contribution in [1.29, 1.82) is 0 Å². The molecule has 1 amide bonds. The van der Waals surface area contributed by atoms with E-state index in [-0.39, 0.29) is 5.91 Å². The Bertz CT molecular complexity index is 684. The summed E-state index contributed by atoms with van der Waals surface area (Å²) in [6, 6.07) is 2.10. The van der Waals surface area contributed by atoms with Crippen LogP contribution in [0.3, 0.4) is 0 Å². The number of amides is 1. The third-order valence-corrected chi connectivity index (χ3v) is 5.00. The molecule has 23 heavy (non-hydrogen) atoms. The van der Waals surface area contributed by atoms with Crippen molar-refractivity contribution in [3.63, 3.8) is 0 Å². The highest BCUT2D eigenvalue weighted by Gasteiger charge is 2.23. The van der Waals surface area contributed by atoms with Crippen LogP contribution in [0, 0.1) is 20.8 Å². The molecule has 1 aliphatic heterocycles. The molecule has 0 radical (unpaired) electrons. The molecule has 0 saturated carbocycles. The molecule has 2 aromatic heterocycles. The van der Waals surface area contributed by atoms with Gasteiger partial charge in [-0.15, -0.1) is 11.3 Å². The number of hydrogen-bond donors (Lipinski definition) is 0. The number of piperazine rings is 1. The summed E-state index contributed by atoms with van der Waals surface area (Å²) >= 11 is 1.53. The average molecular weight is 333 g/mol. The molecule has 3 heterocycles. The van der Waals surface area contributed by atoms with E-state index in [2.05, 4.69) is 32.7 Å². The second-order valence-electron chi connectivity index (χ2n) is 6.04. The van der Waals surface area contributed by atoms with Gasteiger partial charge in [0, 0.05) is 43.8 Å². The van der Waals surface area contributed by atoms with Crippen LogP contribution in [0.2, 0.25) is 0 Å². The lowest BCUT2D eigenvalue weighted by molar-refractivity contribution is 0.0626. The molecule has 6 nitrogen and oxygen atoms in total. The van der Waals surface area contributed by atoms with E-state index in [1.165, 1.54) is 17.0 Å². The molecule has 0 aromatic carbocycles. The van der Waals surface area contributed by atoms with Crippen molar-refractivity contribution >= 4 is 17.2 Å². The standard InChI is InChI=1S/C16H23N5OS/c1-12-10-13(2)21(18-12)9-6-19-4-7-20(8-5-19)16(22)15-11-23-14(3)17-15/h10-11H,4-9H2,1-3H3. The second-order valence-corrected chi connectivity index (χ2v) is 7.10. The van der Waals surface area contributed by atoms with Gasteiger partial charge in [-0.2, -0.15) is 5.10 Å². The number of thiazole rings is 1. The maximum atomic E-state index is 12.4. The van der Waals surface area contributed by atoms with Gasteiger partial charge in [0.25, 0.3) is 5.91 Å². The van der Waals surface area contributed by atoms with Crippen molar-refractivity contribution in [3.8, 4) is 0 Å². The van der Waals surface area contributed by atoms with Crippen LogP contribution in [0.4, 0.5) is 0 Å². The van der Waals surface area contributed by atoms with Crippen LogP contribution in [-0.4, -0.2) is 63.2 Å². The minimum absolute atomic E-state index is 0.0625.